The van der Waals surface area contributed by atoms with Crippen molar-refractivity contribution in [1.82, 2.24) is 5.32 Å². The van der Waals surface area contributed by atoms with Crippen LogP contribution in [0.2, 0.25) is 0 Å². The third-order valence-corrected chi connectivity index (χ3v) is 1.90. The highest BCUT2D eigenvalue weighted by Crippen LogP contribution is 2.07. The number of hydrogen-bond donors (Lipinski definition) is 4. The number of carbonyl (C=O) groups is 1. The van der Waals surface area contributed by atoms with Crippen molar-refractivity contribution in [3.05, 3.63) is 0 Å². The average molecular weight is 177 g/mol. The number of rotatable bonds is 6. The van der Waals surface area contributed by atoms with Crippen molar-refractivity contribution in [2.24, 2.45) is 0 Å². The summed E-state index contributed by atoms with van der Waals surface area (Å²) in [6.07, 6.45) is 0.479. The van der Waals surface area contributed by atoms with Crippen molar-refractivity contribution in [2.75, 3.05) is 19.8 Å². The van der Waals surface area contributed by atoms with E-state index < -0.39 is 11.5 Å². The van der Waals surface area contributed by atoms with Crippen LogP contribution >= 0.6 is 0 Å². The molecule has 5 heteroatoms. The van der Waals surface area contributed by atoms with E-state index in [1.807, 2.05) is 0 Å². The number of carboxylic acid groups (broad SMARTS) is 1. The van der Waals surface area contributed by atoms with Gasteiger partial charge >= 0.3 is 5.97 Å². The maximum atomic E-state index is 10.2. The highest BCUT2D eigenvalue weighted by atomic mass is 16.4. The first-order valence-electron chi connectivity index (χ1n) is 3.79. The molecule has 0 saturated carbocycles. The normalized spacial score (nSPS) is 11.6. The Morgan fingerprint density at radius 1 is 1.42 bits per heavy atom. The Labute approximate surface area is 71.0 Å². The number of nitrogens with one attached hydrogen (secondary N) is 1. The molecule has 0 heterocycles. The van der Waals surface area contributed by atoms with Crippen LogP contribution in [0.25, 0.3) is 0 Å². The zero-order chi connectivity index (χ0) is 9.61. The van der Waals surface area contributed by atoms with Gasteiger partial charge in [-0.1, -0.05) is 6.92 Å². The number of carboxylic acids is 1. The van der Waals surface area contributed by atoms with E-state index in [2.05, 4.69) is 5.32 Å². The van der Waals surface area contributed by atoms with Crippen LogP contribution in [0.15, 0.2) is 0 Å². The topological polar surface area (TPSA) is 89.8 Å². The molecule has 0 spiro atoms. The van der Waals surface area contributed by atoms with E-state index in [0.717, 1.165) is 0 Å². The first kappa shape index (κ1) is 11.4. The van der Waals surface area contributed by atoms with Gasteiger partial charge in [0.05, 0.1) is 25.3 Å². The molecule has 0 aromatic carbocycles. The predicted octanol–water partition coefficient (Wildman–Crippen LogP) is -1.21. The van der Waals surface area contributed by atoms with E-state index in [-0.39, 0.29) is 19.8 Å². The number of aliphatic carboxylic acids is 1. The Bertz CT molecular complexity index is 136. The van der Waals surface area contributed by atoms with Gasteiger partial charge in [0.15, 0.2) is 0 Å². The molecule has 0 bridgehead atoms. The molecule has 0 aliphatic rings. The van der Waals surface area contributed by atoms with Crippen molar-refractivity contribution in [3.8, 4) is 0 Å². The number of aliphatic hydroxyl groups excluding tert-OH is 2. The molecular formula is C7H15NO4. The van der Waals surface area contributed by atoms with E-state index >= 15 is 0 Å². The molecule has 0 saturated heterocycles. The largest absolute Gasteiger partial charge is 0.480 e. The molecule has 72 valence electrons. The summed E-state index contributed by atoms with van der Waals surface area (Å²) in [5.74, 6) is -1.00. The average Bonchev–Trinajstić information content (AvgIpc) is 2.08. The molecule has 4 N–H and O–H groups in total. The molecule has 0 amide bonds. The van der Waals surface area contributed by atoms with E-state index in [0.29, 0.717) is 6.42 Å². The van der Waals surface area contributed by atoms with E-state index in [4.69, 9.17) is 15.3 Å². The summed E-state index contributed by atoms with van der Waals surface area (Å²) in [6.45, 7) is 0.969. The van der Waals surface area contributed by atoms with Gasteiger partial charge in [-0.25, -0.2) is 0 Å². The molecule has 0 rings (SSSR count). The molecular weight excluding hydrogens is 162 g/mol. The maximum Gasteiger partial charge on any atom is 0.317 e. The summed E-state index contributed by atoms with van der Waals surface area (Å²) in [6, 6.07) is 0. The fourth-order valence-electron chi connectivity index (χ4n) is 0.774. The Balaban J connectivity index is 4.01. The van der Waals surface area contributed by atoms with Gasteiger partial charge in [-0.2, -0.15) is 0 Å². The van der Waals surface area contributed by atoms with Crippen LogP contribution in [0, 0.1) is 0 Å². The highest BCUT2D eigenvalue weighted by molar-refractivity contribution is 5.69. The van der Waals surface area contributed by atoms with Gasteiger partial charge in [-0.15, -0.1) is 0 Å². The Morgan fingerprint density at radius 2 is 1.92 bits per heavy atom. The first-order valence-corrected chi connectivity index (χ1v) is 3.79. The van der Waals surface area contributed by atoms with E-state index in [1.165, 1.54) is 0 Å². The second-order valence-corrected chi connectivity index (χ2v) is 2.70. The van der Waals surface area contributed by atoms with Crippen LogP contribution in [-0.2, 0) is 4.79 Å². The lowest BCUT2D eigenvalue weighted by Gasteiger charge is -2.28. The standard InChI is InChI=1S/C7H15NO4/c1-2-7(4-9,5-10)8-3-6(11)12/h8-10H,2-5H2,1H3,(H,11,12). The minimum Gasteiger partial charge on any atom is -0.480 e. The van der Waals surface area contributed by atoms with Crippen LogP contribution in [0.4, 0.5) is 0 Å². The maximum absolute atomic E-state index is 10.2. The van der Waals surface area contributed by atoms with Gasteiger partial charge in [0.2, 0.25) is 0 Å². The van der Waals surface area contributed by atoms with Gasteiger partial charge in [-0.05, 0) is 6.42 Å². The minimum atomic E-state index is -1.00. The molecule has 0 radical (unpaired) electrons. The fraction of sp³-hybridized carbons (Fsp3) is 0.857. The molecule has 0 fully saturated rings. The molecule has 0 aliphatic heterocycles. The SMILES string of the molecule is CCC(CO)(CO)NCC(=O)O. The molecule has 0 unspecified atom stereocenters. The summed E-state index contributed by atoms with van der Waals surface area (Å²) in [7, 11) is 0. The third kappa shape index (κ3) is 3.17. The van der Waals surface area contributed by atoms with Crippen LogP contribution < -0.4 is 5.32 Å². The Kier molecular flexibility index (Phi) is 4.80. The Hall–Kier alpha value is -0.650. The molecule has 0 aromatic heterocycles. The first-order chi connectivity index (χ1) is 5.60. The minimum absolute atomic E-state index is 0.255. The van der Waals surface area contributed by atoms with Gasteiger partial charge in [0, 0.05) is 0 Å². The smallest absolute Gasteiger partial charge is 0.317 e. The van der Waals surface area contributed by atoms with Gasteiger partial charge in [0.25, 0.3) is 0 Å². The lowest BCUT2D eigenvalue weighted by molar-refractivity contribution is -0.136. The van der Waals surface area contributed by atoms with E-state index in [1.54, 1.807) is 6.92 Å². The van der Waals surface area contributed by atoms with Crippen molar-refractivity contribution in [2.45, 2.75) is 18.9 Å². The number of aliphatic hydroxyl groups is 2. The second kappa shape index (κ2) is 5.08. The molecule has 12 heavy (non-hydrogen) atoms. The highest BCUT2D eigenvalue weighted by Gasteiger charge is 2.26. The van der Waals surface area contributed by atoms with Crippen molar-refractivity contribution in [1.29, 1.82) is 0 Å². The quantitative estimate of drug-likeness (QED) is 0.409. The summed E-state index contributed by atoms with van der Waals surface area (Å²) in [4.78, 5) is 10.2. The second-order valence-electron chi connectivity index (χ2n) is 2.70. The zero-order valence-corrected chi connectivity index (χ0v) is 7.08. The summed E-state index contributed by atoms with van der Waals surface area (Å²) < 4.78 is 0. The molecule has 5 nitrogen and oxygen atoms in total. The van der Waals surface area contributed by atoms with Gasteiger partial charge in [0.1, 0.15) is 0 Å². The van der Waals surface area contributed by atoms with E-state index in [9.17, 15) is 4.79 Å². The van der Waals surface area contributed by atoms with Crippen LogP contribution in [0.5, 0.6) is 0 Å². The lowest BCUT2D eigenvalue weighted by atomic mass is 9.99. The zero-order valence-electron chi connectivity index (χ0n) is 7.08. The van der Waals surface area contributed by atoms with Crippen molar-refractivity contribution >= 4 is 5.97 Å². The van der Waals surface area contributed by atoms with Crippen molar-refractivity contribution < 1.29 is 20.1 Å². The van der Waals surface area contributed by atoms with Crippen molar-refractivity contribution in [3.63, 3.8) is 0 Å². The molecule has 0 aromatic rings. The number of hydrogen-bond acceptors (Lipinski definition) is 4. The summed E-state index contributed by atoms with van der Waals surface area (Å²) >= 11 is 0. The summed E-state index contributed by atoms with van der Waals surface area (Å²) in [5, 5.41) is 28.7. The molecule has 0 atom stereocenters. The van der Waals surface area contributed by atoms with Crippen LogP contribution in [-0.4, -0.2) is 46.6 Å². The van der Waals surface area contributed by atoms with Crippen LogP contribution in [0.1, 0.15) is 13.3 Å². The molecule has 0 aliphatic carbocycles. The van der Waals surface area contributed by atoms with Crippen LogP contribution in [0.3, 0.4) is 0 Å². The third-order valence-electron chi connectivity index (χ3n) is 1.90. The fourth-order valence-corrected chi connectivity index (χ4v) is 0.774. The predicted molar refractivity (Wildman–Crippen MR) is 42.8 cm³/mol. The monoisotopic (exact) mass is 177 g/mol. The summed E-state index contributed by atoms with van der Waals surface area (Å²) in [5.41, 5.74) is -0.863. The lowest BCUT2D eigenvalue weighted by Crippen LogP contribution is -2.52. The van der Waals surface area contributed by atoms with Gasteiger partial charge < -0.3 is 15.3 Å². The van der Waals surface area contributed by atoms with Gasteiger partial charge in [-0.3, -0.25) is 10.1 Å². The Morgan fingerprint density at radius 3 is 2.17 bits per heavy atom.